The van der Waals surface area contributed by atoms with E-state index < -0.39 is 11.9 Å². The molecular weight excluding hydrogens is 277 g/mol. The number of alkyl halides is 3. The monoisotopic (exact) mass is 290 g/mol. The Morgan fingerprint density at radius 1 is 1.42 bits per heavy atom. The molecule has 1 amide bonds. The Balaban J connectivity index is 1.94. The molecular formula is C12H13F3N2OS. The van der Waals surface area contributed by atoms with E-state index in [0.29, 0.717) is 12.2 Å². The molecule has 0 bridgehead atoms. The van der Waals surface area contributed by atoms with Gasteiger partial charge in [0.2, 0.25) is 5.91 Å². The first-order valence-corrected chi connectivity index (χ1v) is 6.42. The first kappa shape index (κ1) is 14.2. The van der Waals surface area contributed by atoms with Crippen LogP contribution in [0.5, 0.6) is 0 Å². The van der Waals surface area contributed by atoms with Crippen LogP contribution in [0.2, 0.25) is 0 Å². The van der Waals surface area contributed by atoms with E-state index in [2.05, 4.69) is 22.9 Å². The van der Waals surface area contributed by atoms with E-state index in [-0.39, 0.29) is 17.0 Å². The van der Waals surface area contributed by atoms with Crippen LogP contribution in [0.1, 0.15) is 25.0 Å². The molecule has 19 heavy (non-hydrogen) atoms. The highest BCUT2D eigenvalue weighted by atomic mass is 32.1. The molecule has 1 aliphatic rings. The zero-order chi connectivity index (χ0) is 14.1. The Labute approximate surface area is 114 Å². The lowest BCUT2D eigenvalue weighted by Gasteiger charge is -2.12. The number of carbonyl (C=O) groups excluding carboxylic acids is 1. The van der Waals surface area contributed by atoms with Crippen molar-refractivity contribution in [3.05, 3.63) is 24.0 Å². The van der Waals surface area contributed by atoms with Gasteiger partial charge < -0.3 is 5.32 Å². The lowest BCUT2D eigenvalue weighted by Crippen LogP contribution is -2.18. The highest BCUT2D eigenvalue weighted by Gasteiger charge is 2.42. The Kier molecular flexibility index (Phi) is 3.75. The van der Waals surface area contributed by atoms with Gasteiger partial charge in [-0.2, -0.15) is 25.8 Å². The van der Waals surface area contributed by atoms with Gasteiger partial charge in [-0.15, -0.1) is 0 Å². The summed E-state index contributed by atoms with van der Waals surface area (Å²) in [5.41, 5.74) is -0.723. The van der Waals surface area contributed by atoms with Crippen molar-refractivity contribution >= 4 is 24.2 Å². The molecule has 0 aliphatic heterocycles. The summed E-state index contributed by atoms with van der Waals surface area (Å²) in [5.74, 6) is 0.430. The highest BCUT2D eigenvalue weighted by Crippen LogP contribution is 2.49. The van der Waals surface area contributed by atoms with Crippen molar-refractivity contribution in [1.29, 1.82) is 0 Å². The number of nitrogens with one attached hydrogen (secondary N) is 1. The molecule has 0 radical (unpaired) electrons. The van der Waals surface area contributed by atoms with Crippen molar-refractivity contribution in [1.82, 2.24) is 4.98 Å². The summed E-state index contributed by atoms with van der Waals surface area (Å²) < 4.78 is 36.9. The van der Waals surface area contributed by atoms with Crippen molar-refractivity contribution in [3.8, 4) is 0 Å². The third-order valence-electron chi connectivity index (χ3n) is 3.17. The predicted molar refractivity (Wildman–Crippen MR) is 68.0 cm³/mol. The normalized spacial score (nSPS) is 17.1. The highest BCUT2D eigenvalue weighted by molar-refractivity contribution is 7.80. The Morgan fingerprint density at radius 2 is 2.11 bits per heavy atom. The van der Waals surface area contributed by atoms with Crippen molar-refractivity contribution in [2.24, 2.45) is 5.41 Å². The van der Waals surface area contributed by atoms with Crippen LogP contribution >= 0.6 is 12.6 Å². The Bertz CT molecular complexity index is 469. The second-order valence-corrected chi connectivity index (χ2v) is 5.13. The third-order valence-corrected chi connectivity index (χ3v) is 3.84. The summed E-state index contributed by atoms with van der Waals surface area (Å²) in [6, 6.07) is 2.05. The number of nitrogens with zero attached hydrogens (tertiary/aromatic N) is 1. The number of anilines is 1. The van der Waals surface area contributed by atoms with E-state index in [1.807, 2.05) is 0 Å². The zero-order valence-corrected chi connectivity index (χ0v) is 10.9. The minimum Gasteiger partial charge on any atom is -0.325 e. The maximum absolute atomic E-state index is 12.3. The number of carbonyl (C=O) groups is 1. The molecule has 104 valence electrons. The van der Waals surface area contributed by atoms with Gasteiger partial charge in [-0.05, 0) is 36.1 Å². The van der Waals surface area contributed by atoms with Crippen LogP contribution in [-0.2, 0) is 11.0 Å². The number of thiol groups is 1. The van der Waals surface area contributed by atoms with Crippen LogP contribution in [0.4, 0.5) is 18.9 Å². The fraction of sp³-hybridized carbons (Fsp3) is 0.500. The largest absolute Gasteiger partial charge is 0.433 e. The molecule has 7 heteroatoms. The number of hydrogen-bond acceptors (Lipinski definition) is 3. The molecule has 0 saturated heterocycles. The van der Waals surface area contributed by atoms with Gasteiger partial charge in [0.25, 0.3) is 0 Å². The first-order valence-electron chi connectivity index (χ1n) is 5.79. The van der Waals surface area contributed by atoms with E-state index in [1.54, 1.807) is 0 Å². The van der Waals surface area contributed by atoms with Gasteiger partial charge in [0, 0.05) is 6.42 Å². The summed E-state index contributed by atoms with van der Waals surface area (Å²) in [4.78, 5) is 15.0. The smallest absolute Gasteiger partial charge is 0.325 e. The lowest BCUT2D eigenvalue weighted by atomic mass is 10.1. The SMILES string of the molecule is O=C(CC1(CS)CC1)Nc1ccc(C(F)(F)F)nc1. The van der Waals surface area contributed by atoms with Crippen molar-refractivity contribution in [3.63, 3.8) is 0 Å². The van der Waals surface area contributed by atoms with Gasteiger partial charge in [0.15, 0.2) is 0 Å². The molecule has 1 aliphatic carbocycles. The standard InChI is InChI=1S/C12H13F3N2OS/c13-12(14,15)9-2-1-8(6-16-9)17-10(18)5-11(7-19)3-4-11/h1-2,6,19H,3-5,7H2,(H,17,18). The number of aromatic nitrogens is 1. The van der Waals surface area contributed by atoms with Crippen LogP contribution in [0.25, 0.3) is 0 Å². The summed E-state index contributed by atoms with van der Waals surface area (Å²) >= 11 is 4.19. The molecule has 3 nitrogen and oxygen atoms in total. The van der Waals surface area contributed by atoms with Gasteiger partial charge in [-0.1, -0.05) is 0 Å². The second-order valence-electron chi connectivity index (χ2n) is 4.81. The number of hydrogen-bond donors (Lipinski definition) is 2. The molecule has 1 heterocycles. The van der Waals surface area contributed by atoms with E-state index >= 15 is 0 Å². The Hall–Kier alpha value is -1.24. The second kappa shape index (κ2) is 5.03. The van der Waals surface area contributed by atoms with Gasteiger partial charge in [0.05, 0.1) is 11.9 Å². The number of halogens is 3. The van der Waals surface area contributed by atoms with E-state index in [9.17, 15) is 18.0 Å². The number of amides is 1. The van der Waals surface area contributed by atoms with E-state index in [1.165, 1.54) is 6.07 Å². The molecule has 1 aromatic heterocycles. The maximum atomic E-state index is 12.3. The summed E-state index contributed by atoms with van der Waals surface area (Å²) in [6.07, 6.45) is -1.17. The van der Waals surface area contributed by atoms with Gasteiger partial charge in [-0.25, -0.2) is 4.98 Å². The minimum absolute atomic E-state index is 0.0213. The number of pyridine rings is 1. The molecule has 1 saturated carbocycles. The molecule has 0 atom stereocenters. The zero-order valence-electron chi connectivity index (χ0n) is 10.00. The van der Waals surface area contributed by atoms with E-state index in [4.69, 9.17) is 0 Å². The molecule has 1 aromatic rings. The van der Waals surface area contributed by atoms with Crippen LogP contribution in [0.15, 0.2) is 18.3 Å². The summed E-state index contributed by atoms with van der Waals surface area (Å²) in [6.45, 7) is 0. The van der Waals surface area contributed by atoms with Gasteiger partial charge in [-0.3, -0.25) is 4.79 Å². The third kappa shape index (κ3) is 3.62. The van der Waals surface area contributed by atoms with Gasteiger partial charge >= 0.3 is 6.18 Å². The first-order chi connectivity index (χ1) is 8.85. The van der Waals surface area contributed by atoms with Crippen molar-refractivity contribution in [2.45, 2.75) is 25.4 Å². The predicted octanol–water partition coefficient (Wildman–Crippen LogP) is 3.14. The summed E-state index contributed by atoms with van der Waals surface area (Å²) in [5, 5.41) is 2.55. The lowest BCUT2D eigenvalue weighted by molar-refractivity contribution is -0.141. The topological polar surface area (TPSA) is 42.0 Å². The average molecular weight is 290 g/mol. The van der Waals surface area contributed by atoms with Crippen molar-refractivity contribution in [2.75, 3.05) is 11.1 Å². The summed E-state index contributed by atoms with van der Waals surface area (Å²) in [7, 11) is 0. The molecule has 2 rings (SSSR count). The number of rotatable bonds is 4. The van der Waals surface area contributed by atoms with Crippen LogP contribution in [-0.4, -0.2) is 16.6 Å². The van der Waals surface area contributed by atoms with E-state index in [0.717, 1.165) is 25.1 Å². The fourth-order valence-corrected chi connectivity index (χ4v) is 2.18. The maximum Gasteiger partial charge on any atom is 0.433 e. The molecule has 1 N–H and O–H groups in total. The molecule has 1 fully saturated rings. The van der Waals surface area contributed by atoms with Crippen LogP contribution in [0, 0.1) is 5.41 Å². The quantitative estimate of drug-likeness (QED) is 0.837. The molecule has 0 aromatic carbocycles. The van der Waals surface area contributed by atoms with Crippen LogP contribution < -0.4 is 5.32 Å². The average Bonchev–Trinajstić information content (AvgIpc) is 3.09. The molecule has 0 unspecified atom stereocenters. The minimum atomic E-state index is -4.47. The van der Waals surface area contributed by atoms with Gasteiger partial charge in [0.1, 0.15) is 5.69 Å². The van der Waals surface area contributed by atoms with Crippen molar-refractivity contribution < 1.29 is 18.0 Å². The fourth-order valence-electron chi connectivity index (χ4n) is 1.75. The van der Waals surface area contributed by atoms with Crippen LogP contribution in [0.3, 0.4) is 0 Å². The Morgan fingerprint density at radius 3 is 2.53 bits per heavy atom. The molecule has 0 spiro atoms.